The lowest BCUT2D eigenvalue weighted by Crippen LogP contribution is -2.15. The summed E-state index contributed by atoms with van der Waals surface area (Å²) in [6.07, 6.45) is -0.410. The molecule has 4 aromatic rings. The van der Waals surface area contributed by atoms with E-state index in [9.17, 15) is 22.4 Å². The van der Waals surface area contributed by atoms with Crippen LogP contribution < -0.4 is 10.6 Å². The van der Waals surface area contributed by atoms with Crippen LogP contribution in [0.2, 0.25) is 0 Å². The van der Waals surface area contributed by atoms with Gasteiger partial charge in [0.15, 0.2) is 0 Å². The molecule has 0 bridgehead atoms. The number of pyridine rings is 1. The van der Waals surface area contributed by atoms with E-state index in [4.69, 9.17) is 4.98 Å². The Balaban J connectivity index is 1.65. The highest BCUT2D eigenvalue weighted by Crippen LogP contribution is 2.31. The van der Waals surface area contributed by atoms with Gasteiger partial charge in [0.05, 0.1) is 28.5 Å². The van der Waals surface area contributed by atoms with Gasteiger partial charge >= 0.3 is 6.18 Å². The number of amides is 1. The van der Waals surface area contributed by atoms with Crippen molar-refractivity contribution in [1.29, 1.82) is 0 Å². The molecule has 184 valence electrons. The first kappa shape index (κ1) is 24.7. The summed E-state index contributed by atoms with van der Waals surface area (Å²) in [5.41, 5.74) is 1.03. The Morgan fingerprint density at radius 1 is 1.14 bits per heavy atom. The molecular formula is C25H20F4N6O. The van der Waals surface area contributed by atoms with Gasteiger partial charge in [-0.25, -0.2) is 14.4 Å². The van der Waals surface area contributed by atoms with Crippen LogP contribution in [0.4, 0.5) is 23.4 Å². The van der Waals surface area contributed by atoms with Crippen molar-refractivity contribution in [2.45, 2.75) is 32.7 Å². The van der Waals surface area contributed by atoms with E-state index in [2.05, 4.69) is 32.6 Å². The molecule has 3 aromatic heterocycles. The monoisotopic (exact) mass is 496 g/mol. The van der Waals surface area contributed by atoms with Gasteiger partial charge in [-0.2, -0.15) is 13.2 Å². The van der Waals surface area contributed by atoms with E-state index in [1.807, 2.05) is 6.92 Å². The first-order valence-corrected chi connectivity index (χ1v) is 10.8. The third-order valence-electron chi connectivity index (χ3n) is 5.33. The van der Waals surface area contributed by atoms with Gasteiger partial charge in [0, 0.05) is 35.8 Å². The highest BCUT2D eigenvalue weighted by Gasteiger charge is 2.31. The molecule has 0 aliphatic rings. The number of fused-ring (bicyclic) bond motifs is 1. The number of hydrogen-bond donors (Lipinski definition) is 2. The van der Waals surface area contributed by atoms with E-state index in [1.54, 1.807) is 29.7 Å². The number of alkyl halides is 4. The largest absolute Gasteiger partial charge is 0.416 e. The maximum atomic E-state index is 13.8. The second kappa shape index (κ2) is 10.0. The van der Waals surface area contributed by atoms with Crippen LogP contribution >= 0.6 is 0 Å². The first-order chi connectivity index (χ1) is 17.2. The Labute approximate surface area is 203 Å². The highest BCUT2D eigenvalue weighted by molar-refractivity contribution is 6.04. The summed E-state index contributed by atoms with van der Waals surface area (Å²) >= 11 is 0. The average molecular weight is 496 g/mol. The molecule has 0 saturated heterocycles. The van der Waals surface area contributed by atoms with Gasteiger partial charge in [-0.1, -0.05) is 18.1 Å². The number of nitrogens with one attached hydrogen (secondary N) is 2. The fourth-order valence-corrected chi connectivity index (χ4v) is 3.62. The normalized spacial score (nSPS) is 12.1. The molecule has 2 N–H and O–H groups in total. The molecule has 0 radical (unpaired) electrons. The molecule has 1 atom stereocenters. The minimum atomic E-state index is -4.56. The molecular weight excluding hydrogens is 476 g/mol. The summed E-state index contributed by atoms with van der Waals surface area (Å²) < 4.78 is 54.3. The predicted octanol–water partition coefficient (Wildman–Crippen LogP) is 5.16. The van der Waals surface area contributed by atoms with Crippen molar-refractivity contribution in [2.24, 2.45) is 0 Å². The summed E-state index contributed by atoms with van der Waals surface area (Å²) in [6.45, 7) is 2.76. The number of imidazole rings is 1. The molecule has 36 heavy (non-hydrogen) atoms. The lowest BCUT2D eigenvalue weighted by Gasteiger charge is -2.09. The molecule has 0 aliphatic heterocycles. The number of aromatic nitrogens is 4. The minimum Gasteiger partial charge on any atom is -0.336 e. The van der Waals surface area contributed by atoms with Crippen molar-refractivity contribution in [3.8, 4) is 23.2 Å². The Morgan fingerprint density at radius 2 is 1.89 bits per heavy atom. The van der Waals surface area contributed by atoms with Gasteiger partial charge < -0.3 is 10.6 Å². The number of carbonyl (C=O) groups is 1. The molecule has 4 rings (SSSR count). The van der Waals surface area contributed by atoms with Gasteiger partial charge in [-0.05, 0) is 38.1 Å². The molecule has 0 spiro atoms. The van der Waals surface area contributed by atoms with Crippen LogP contribution in [0.15, 0.2) is 55.0 Å². The van der Waals surface area contributed by atoms with Gasteiger partial charge in [-0.3, -0.25) is 14.2 Å². The SMILES string of the molecule is CC#CN[C@@H](C)c1nc(-c2ccc(C(=O)Nc3cc(C(F)(F)F)ccn3)cc2)c2c(CF)nccn12. The second-order valence-electron chi connectivity index (χ2n) is 7.74. The van der Waals surface area contributed by atoms with E-state index in [-0.39, 0.29) is 23.1 Å². The van der Waals surface area contributed by atoms with E-state index in [0.717, 1.165) is 18.3 Å². The van der Waals surface area contributed by atoms with Gasteiger partial charge in [-0.15, -0.1) is 0 Å². The molecule has 0 unspecified atom stereocenters. The Hall–Kier alpha value is -4.46. The standard InChI is InChI=1S/C25H20F4N6O/c1-3-9-30-15(2)23-34-21(22-19(14-26)31-11-12-35(22)23)16-4-6-17(7-5-16)24(36)33-20-13-18(8-10-32-20)25(27,28)29/h4-8,10-13,15,30H,14H2,1-2H3,(H,32,33,36)/t15-/m0/s1. The van der Waals surface area contributed by atoms with Crippen LogP contribution in [0.1, 0.15) is 47.3 Å². The maximum absolute atomic E-state index is 13.8. The van der Waals surface area contributed by atoms with Crippen molar-refractivity contribution in [3.05, 3.63) is 77.6 Å². The number of anilines is 1. The van der Waals surface area contributed by atoms with Crippen molar-refractivity contribution in [1.82, 2.24) is 24.7 Å². The second-order valence-corrected chi connectivity index (χ2v) is 7.74. The number of rotatable bonds is 6. The molecule has 0 saturated carbocycles. The predicted molar refractivity (Wildman–Crippen MR) is 125 cm³/mol. The quantitative estimate of drug-likeness (QED) is 0.219. The first-order valence-electron chi connectivity index (χ1n) is 10.8. The number of benzene rings is 1. The summed E-state index contributed by atoms with van der Waals surface area (Å²) in [5, 5.41) is 5.38. The Morgan fingerprint density at radius 3 is 2.56 bits per heavy atom. The van der Waals surface area contributed by atoms with Crippen LogP contribution in [0.3, 0.4) is 0 Å². The van der Waals surface area contributed by atoms with E-state index < -0.39 is 24.3 Å². The Bertz CT molecular complexity index is 1470. The van der Waals surface area contributed by atoms with Crippen molar-refractivity contribution in [2.75, 3.05) is 5.32 Å². The molecule has 11 heteroatoms. The number of nitrogens with zero attached hydrogens (tertiary/aromatic N) is 4. The zero-order valence-corrected chi connectivity index (χ0v) is 19.2. The fourth-order valence-electron chi connectivity index (χ4n) is 3.62. The Kier molecular flexibility index (Phi) is 6.87. The molecule has 1 aromatic carbocycles. The lowest BCUT2D eigenvalue weighted by molar-refractivity contribution is -0.137. The van der Waals surface area contributed by atoms with E-state index in [1.165, 1.54) is 18.3 Å². The zero-order valence-electron chi connectivity index (χ0n) is 19.2. The fraction of sp³-hybridized carbons (Fsp3) is 0.200. The topological polar surface area (TPSA) is 84.2 Å². The molecule has 0 aliphatic carbocycles. The van der Waals surface area contributed by atoms with Crippen LogP contribution in [0.25, 0.3) is 16.8 Å². The van der Waals surface area contributed by atoms with E-state index >= 15 is 0 Å². The maximum Gasteiger partial charge on any atom is 0.416 e. The van der Waals surface area contributed by atoms with Crippen LogP contribution in [-0.4, -0.2) is 25.3 Å². The third-order valence-corrected chi connectivity index (χ3v) is 5.33. The molecule has 3 heterocycles. The number of carbonyl (C=O) groups excluding carboxylic acids is 1. The van der Waals surface area contributed by atoms with Gasteiger partial charge in [0.25, 0.3) is 5.91 Å². The average Bonchev–Trinajstić information content (AvgIpc) is 3.27. The highest BCUT2D eigenvalue weighted by atomic mass is 19.4. The number of hydrogen-bond acceptors (Lipinski definition) is 5. The van der Waals surface area contributed by atoms with Gasteiger partial charge in [0.2, 0.25) is 0 Å². The van der Waals surface area contributed by atoms with E-state index in [0.29, 0.717) is 22.6 Å². The molecule has 0 fully saturated rings. The smallest absolute Gasteiger partial charge is 0.336 e. The van der Waals surface area contributed by atoms with Gasteiger partial charge in [0.1, 0.15) is 18.3 Å². The van der Waals surface area contributed by atoms with Crippen LogP contribution in [0, 0.1) is 12.0 Å². The van der Waals surface area contributed by atoms with Crippen LogP contribution in [-0.2, 0) is 12.9 Å². The summed E-state index contributed by atoms with van der Waals surface area (Å²) in [7, 11) is 0. The van der Waals surface area contributed by atoms with Crippen molar-refractivity contribution in [3.63, 3.8) is 0 Å². The zero-order chi connectivity index (χ0) is 25.9. The summed E-state index contributed by atoms with van der Waals surface area (Å²) in [4.78, 5) is 25.2. The third kappa shape index (κ3) is 4.98. The van der Waals surface area contributed by atoms with Crippen molar-refractivity contribution >= 4 is 17.2 Å². The molecule has 7 nitrogen and oxygen atoms in total. The minimum absolute atomic E-state index is 0.193. The van der Waals surface area contributed by atoms with Crippen molar-refractivity contribution < 1.29 is 22.4 Å². The number of halogens is 4. The summed E-state index contributed by atoms with van der Waals surface area (Å²) in [6, 6.07) is 10.3. The van der Waals surface area contributed by atoms with Crippen LogP contribution in [0.5, 0.6) is 0 Å². The lowest BCUT2D eigenvalue weighted by atomic mass is 10.1. The molecule has 1 amide bonds. The summed E-state index contributed by atoms with van der Waals surface area (Å²) in [5.74, 6) is 2.49.